The highest BCUT2D eigenvalue weighted by molar-refractivity contribution is 9.10. The second-order valence-corrected chi connectivity index (χ2v) is 4.91. The first-order chi connectivity index (χ1) is 8.02. The van der Waals surface area contributed by atoms with Crippen LogP contribution < -0.4 is 0 Å². The van der Waals surface area contributed by atoms with Gasteiger partial charge in [0.2, 0.25) is 0 Å². The molecule has 0 amide bonds. The lowest BCUT2D eigenvalue weighted by atomic mass is 10.2. The van der Waals surface area contributed by atoms with Gasteiger partial charge in [0.15, 0.2) is 11.5 Å². The van der Waals surface area contributed by atoms with E-state index >= 15 is 0 Å². The molecule has 0 aliphatic rings. The molecule has 1 heterocycles. The van der Waals surface area contributed by atoms with E-state index in [9.17, 15) is 4.79 Å². The third-order valence-electron chi connectivity index (χ3n) is 2.38. The van der Waals surface area contributed by atoms with Crippen molar-refractivity contribution in [3.63, 3.8) is 0 Å². The van der Waals surface area contributed by atoms with E-state index in [1.54, 1.807) is 12.1 Å². The van der Waals surface area contributed by atoms with Crippen LogP contribution in [-0.2, 0) is 4.74 Å². The van der Waals surface area contributed by atoms with Gasteiger partial charge in [-0.1, -0.05) is 29.8 Å². The Morgan fingerprint density at radius 1 is 1.47 bits per heavy atom. The van der Waals surface area contributed by atoms with Gasteiger partial charge >= 0.3 is 5.97 Å². The zero-order valence-electron chi connectivity index (χ0n) is 9.78. The maximum absolute atomic E-state index is 11.6. The second-order valence-electron chi connectivity index (χ2n) is 4.00. The molecule has 0 atom stereocenters. The number of esters is 1. The maximum Gasteiger partial charge on any atom is 0.340 e. The van der Waals surface area contributed by atoms with Gasteiger partial charge in [-0.25, -0.2) is 9.78 Å². The molecule has 0 saturated heterocycles. The Balaban J connectivity index is 2.69. The molecule has 0 saturated carbocycles. The first-order valence-corrected chi connectivity index (χ1v) is 6.00. The van der Waals surface area contributed by atoms with Crippen LogP contribution in [0, 0.1) is 0 Å². The van der Waals surface area contributed by atoms with Gasteiger partial charge in [-0.2, -0.15) is 0 Å². The first kappa shape index (κ1) is 12.1. The van der Waals surface area contributed by atoms with E-state index in [0.29, 0.717) is 22.6 Å². The summed E-state index contributed by atoms with van der Waals surface area (Å²) >= 11 is 3.33. The average Bonchev–Trinajstić information content (AvgIpc) is 2.70. The van der Waals surface area contributed by atoms with Crippen molar-refractivity contribution in [3.05, 3.63) is 28.1 Å². The van der Waals surface area contributed by atoms with Crippen LogP contribution in [-0.4, -0.2) is 18.1 Å². The van der Waals surface area contributed by atoms with Crippen molar-refractivity contribution in [1.29, 1.82) is 0 Å². The lowest BCUT2D eigenvalue weighted by Gasteiger charge is -1.99. The molecule has 0 fully saturated rings. The zero-order valence-corrected chi connectivity index (χ0v) is 11.4. The van der Waals surface area contributed by atoms with Crippen LogP contribution in [0.2, 0.25) is 0 Å². The number of benzene rings is 1. The highest BCUT2D eigenvalue weighted by atomic mass is 79.9. The van der Waals surface area contributed by atoms with Crippen molar-refractivity contribution in [1.82, 2.24) is 4.98 Å². The summed E-state index contributed by atoms with van der Waals surface area (Å²) in [5.41, 5.74) is 1.54. The Bertz CT molecular complexity index is 574. The van der Waals surface area contributed by atoms with Crippen molar-refractivity contribution >= 4 is 33.0 Å². The SMILES string of the molecule is COC(=O)c1cc(Br)cc2oc(C(C)C)nc12. The summed E-state index contributed by atoms with van der Waals surface area (Å²) in [5.74, 6) is 0.370. The standard InChI is InChI=1S/C12H12BrNO3/c1-6(2)11-14-10-8(12(15)16-3)4-7(13)5-9(10)17-11/h4-6H,1-3H3. The fourth-order valence-electron chi connectivity index (χ4n) is 1.53. The number of rotatable bonds is 2. The summed E-state index contributed by atoms with van der Waals surface area (Å²) in [6, 6.07) is 3.47. The number of carbonyl (C=O) groups excluding carboxylic acids is 1. The second kappa shape index (κ2) is 4.49. The number of methoxy groups -OCH3 is 1. The fraction of sp³-hybridized carbons (Fsp3) is 0.333. The molecular weight excluding hydrogens is 286 g/mol. The van der Waals surface area contributed by atoms with Crippen molar-refractivity contribution in [2.75, 3.05) is 7.11 Å². The van der Waals surface area contributed by atoms with Gasteiger partial charge < -0.3 is 9.15 Å². The van der Waals surface area contributed by atoms with Crippen LogP contribution in [0.5, 0.6) is 0 Å². The number of fused-ring (bicyclic) bond motifs is 1. The summed E-state index contributed by atoms with van der Waals surface area (Å²) in [5, 5.41) is 0. The fourth-order valence-corrected chi connectivity index (χ4v) is 1.96. The Morgan fingerprint density at radius 2 is 2.18 bits per heavy atom. The van der Waals surface area contributed by atoms with E-state index in [-0.39, 0.29) is 5.92 Å². The first-order valence-electron chi connectivity index (χ1n) is 5.21. The molecule has 0 aliphatic heterocycles. The van der Waals surface area contributed by atoms with Crippen molar-refractivity contribution in [2.24, 2.45) is 0 Å². The molecule has 2 aromatic rings. The van der Waals surface area contributed by atoms with E-state index < -0.39 is 5.97 Å². The Kier molecular flexibility index (Phi) is 3.19. The summed E-state index contributed by atoms with van der Waals surface area (Å²) in [4.78, 5) is 16.0. The highest BCUT2D eigenvalue weighted by Gasteiger charge is 2.18. The lowest BCUT2D eigenvalue weighted by molar-refractivity contribution is 0.0602. The average molecular weight is 298 g/mol. The van der Waals surface area contributed by atoms with Crippen LogP contribution in [0.25, 0.3) is 11.1 Å². The highest BCUT2D eigenvalue weighted by Crippen LogP contribution is 2.27. The van der Waals surface area contributed by atoms with Crippen molar-refractivity contribution < 1.29 is 13.9 Å². The summed E-state index contributed by atoms with van der Waals surface area (Å²) < 4.78 is 11.1. The largest absolute Gasteiger partial charge is 0.465 e. The molecule has 4 nitrogen and oxygen atoms in total. The molecule has 0 N–H and O–H groups in total. The molecule has 1 aromatic heterocycles. The number of hydrogen-bond donors (Lipinski definition) is 0. The van der Waals surface area contributed by atoms with Crippen LogP contribution in [0.15, 0.2) is 21.0 Å². The van der Waals surface area contributed by atoms with Crippen LogP contribution in [0.4, 0.5) is 0 Å². The van der Waals surface area contributed by atoms with E-state index in [4.69, 9.17) is 9.15 Å². The minimum absolute atomic E-state index is 0.173. The number of carbonyl (C=O) groups is 1. The van der Waals surface area contributed by atoms with E-state index in [1.807, 2.05) is 13.8 Å². The van der Waals surface area contributed by atoms with Crippen LogP contribution in [0.3, 0.4) is 0 Å². The monoisotopic (exact) mass is 297 g/mol. The molecule has 0 unspecified atom stereocenters. The van der Waals surface area contributed by atoms with E-state index in [1.165, 1.54) is 7.11 Å². The number of aromatic nitrogens is 1. The van der Waals surface area contributed by atoms with Gasteiger partial charge in [-0.3, -0.25) is 0 Å². The number of oxazole rings is 1. The van der Waals surface area contributed by atoms with Crippen LogP contribution in [0.1, 0.15) is 36.0 Å². The van der Waals surface area contributed by atoms with Gasteiger partial charge in [0, 0.05) is 10.4 Å². The number of ether oxygens (including phenoxy) is 1. The molecule has 1 aromatic carbocycles. The van der Waals surface area contributed by atoms with Crippen LogP contribution >= 0.6 is 15.9 Å². The minimum atomic E-state index is -0.417. The third-order valence-corrected chi connectivity index (χ3v) is 2.83. The molecule has 2 rings (SSSR count). The molecule has 90 valence electrons. The maximum atomic E-state index is 11.6. The molecule has 0 radical (unpaired) electrons. The quantitative estimate of drug-likeness (QED) is 0.796. The molecule has 5 heteroatoms. The van der Waals surface area contributed by atoms with Gasteiger partial charge in [-0.05, 0) is 12.1 Å². The van der Waals surface area contributed by atoms with Gasteiger partial charge in [-0.15, -0.1) is 0 Å². The summed E-state index contributed by atoms with van der Waals surface area (Å²) in [6.07, 6.45) is 0. The Labute approximate surface area is 107 Å². The number of hydrogen-bond acceptors (Lipinski definition) is 4. The molecular formula is C12H12BrNO3. The van der Waals surface area contributed by atoms with Crippen molar-refractivity contribution in [3.8, 4) is 0 Å². The molecule has 17 heavy (non-hydrogen) atoms. The third kappa shape index (κ3) is 2.20. The Morgan fingerprint density at radius 3 is 2.76 bits per heavy atom. The topological polar surface area (TPSA) is 52.3 Å². The van der Waals surface area contributed by atoms with Gasteiger partial charge in [0.25, 0.3) is 0 Å². The lowest BCUT2D eigenvalue weighted by Crippen LogP contribution is -2.02. The van der Waals surface area contributed by atoms with E-state index in [2.05, 4.69) is 20.9 Å². The van der Waals surface area contributed by atoms with E-state index in [0.717, 1.165) is 4.47 Å². The number of halogens is 1. The minimum Gasteiger partial charge on any atom is -0.465 e. The Hall–Kier alpha value is -1.36. The molecule has 0 bridgehead atoms. The normalized spacial score (nSPS) is 11.1. The molecule has 0 spiro atoms. The van der Waals surface area contributed by atoms with Gasteiger partial charge in [0.05, 0.1) is 12.7 Å². The summed E-state index contributed by atoms with van der Waals surface area (Å²) in [6.45, 7) is 3.97. The van der Waals surface area contributed by atoms with Gasteiger partial charge in [0.1, 0.15) is 5.52 Å². The summed E-state index contributed by atoms with van der Waals surface area (Å²) in [7, 11) is 1.35. The number of nitrogens with zero attached hydrogens (tertiary/aromatic N) is 1. The van der Waals surface area contributed by atoms with Crippen molar-refractivity contribution in [2.45, 2.75) is 19.8 Å². The predicted molar refractivity (Wildman–Crippen MR) is 67.1 cm³/mol. The molecule has 0 aliphatic carbocycles. The zero-order chi connectivity index (χ0) is 12.6. The smallest absolute Gasteiger partial charge is 0.340 e. The predicted octanol–water partition coefficient (Wildman–Crippen LogP) is 3.50.